The quantitative estimate of drug-likeness (QED) is 0.162. The molecule has 1 aliphatic rings. The normalized spacial score (nSPS) is 13.4. The first-order valence-electron chi connectivity index (χ1n) is 19.3. The van der Waals surface area contributed by atoms with Crippen LogP contribution in [0.3, 0.4) is 0 Å². The minimum Gasteiger partial charge on any atom is -0.309 e. The van der Waals surface area contributed by atoms with Crippen LogP contribution in [-0.4, -0.2) is 9.13 Å². The zero-order chi connectivity index (χ0) is 36.4. The van der Waals surface area contributed by atoms with Gasteiger partial charge in [0.2, 0.25) is 0 Å². The fraction of sp³-hybridized carbons (Fsp3) is 0.0566. The summed E-state index contributed by atoms with van der Waals surface area (Å²) in [5, 5.41) is 10.1. The topological polar surface area (TPSA) is 9.86 Å². The van der Waals surface area contributed by atoms with Crippen molar-refractivity contribution in [3.05, 3.63) is 193 Å². The fourth-order valence-corrected chi connectivity index (χ4v) is 9.89. The van der Waals surface area contributed by atoms with E-state index in [4.69, 9.17) is 0 Å². The van der Waals surface area contributed by atoms with E-state index >= 15 is 0 Å². The van der Waals surface area contributed by atoms with Crippen LogP contribution in [0.25, 0.3) is 98.8 Å². The maximum Gasteiger partial charge on any atom is 0.0546 e. The minimum absolute atomic E-state index is 0.0585. The highest BCUT2D eigenvalue weighted by Crippen LogP contribution is 2.49. The van der Waals surface area contributed by atoms with Gasteiger partial charge in [0, 0.05) is 38.0 Å². The summed E-state index contributed by atoms with van der Waals surface area (Å²) in [7, 11) is 0. The van der Waals surface area contributed by atoms with Crippen molar-refractivity contribution in [3.8, 4) is 33.6 Å². The second-order valence-corrected chi connectivity index (χ2v) is 15.7. The van der Waals surface area contributed by atoms with Crippen molar-refractivity contribution < 1.29 is 0 Å². The van der Waals surface area contributed by atoms with Crippen molar-refractivity contribution in [3.63, 3.8) is 0 Å². The number of para-hydroxylation sites is 2. The Kier molecular flexibility index (Phi) is 6.15. The highest BCUT2D eigenvalue weighted by molar-refractivity contribution is 6.16. The van der Waals surface area contributed by atoms with Crippen LogP contribution in [0.2, 0.25) is 0 Å². The van der Waals surface area contributed by atoms with Gasteiger partial charge >= 0.3 is 0 Å². The molecular formula is C53H36N2. The summed E-state index contributed by atoms with van der Waals surface area (Å²) < 4.78 is 4.93. The lowest BCUT2D eigenvalue weighted by molar-refractivity contribution is 0.660. The van der Waals surface area contributed by atoms with Crippen LogP contribution in [0, 0.1) is 0 Å². The first kappa shape index (κ1) is 30.6. The van der Waals surface area contributed by atoms with Crippen molar-refractivity contribution in [2.45, 2.75) is 19.3 Å². The fourth-order valence-electron chi connectivity index (χ4n) is 9.89. The van der Waals surface area contributed by atoms with Crippen LogP contribution in [0.15, 0.2) is 182 Å². The van der Waals surface area contributed by atoms with E-state index in [9.17, 15) is 0 Å². The van der Waals surface area contributed by atoms with Gasteiger partial charge in [-0.1, -0.05) is 141 Å². The molecule has 12 rings (SSSR count). The summed E-state index contributed by atoms with van der Waals surface area (Å²) in [5.41, 5.74) is 15.2. The molecule has 0 bridgehead atoms. The minimum atomic E-state index is -0.0585. The molecule has 2 heterocycles. The summed E-state index contributed by atoms with van der Waals surface area (Å²) in [6, 6.07) is 67.7. The van der Waals surface area contributed by atoms with Crippen molar-refractivity contribution in [2.24, 2.45) is 0 Å². The van der Waals surface area contributed by atoms with Crippen molar-refractivity contribution in [2.75, 3.05) is 0 Å². The van der Waals surface area contributed by atoms with E-state index in [2.05, 4.69) is 205 Å². The highest BCUT2D eigenvalue weighted by atomic mass is 15.0. The summed E-state index contributed by atoms with van der Waals surface area (Å²) in [5.74, 6) is 0. The Balaban J connectivity index is 1.04. The summed E-state index contributed by atoms with van der Waals surface area (Å²) in [6.45, 7) is 4.72. The molecule has 2 nitrogen and oxygen atoms in total. The van der Waals surface area contributed by atoms with Gasteiger partial charge in [-0.05, 0) is 104 Å². The molecule has 258 valence electrons. The zero-order valence-corrected chi connectivity index (χ0v) is 30.7. The van der Waals surface area contributed by atoms with Crippen LogP contribution in [-0.2, 0) is 5.41 Å². The Hall–Kier alpha value is -6.90. The van der Waals surface area contributed by atoms with Gasteiger partial charge in [-0.25, -0.2) is 0 Å². The van der Waals surface area contributed by atoms with Crippen molar-refractivity contribution >= 4 is 65.2 Å². The number of rotatable bonds is 3. The largest absolute Gasteiger partial charge is 0.309 e. The maximum absolute atomic E-state index is 2.47. The molecule has 1 aliphatic carbocycles. The lowest BCUT2D eigenvalue weighted by atomic mass is 9.82. The number of hydrogen-bond acceptors (Lipinski definition) is 0. The molecule has 0 aliphatic heterocycles. The van der Waals surface area contributed by atoms with Gasteiger partial charge < -0.3 is 9.13 Å². The third kappa shape index (κ3) is 4.20. The van der Waals surface area contributed by atoms with E-state index in [1.165, 1.54) is 110 Å². The van der Waals surface area contributed by atoms with Gasteiger partial charge in [0.05, 0.1) is 27.8 Å². The zero-order valence-electron chi connectivity index (χ0n) is 30.7. The highest BCUT2D eigenvalue weighted by Gasteiger charge is 2.35. The lowest BCUT2D eigenvalue weighted by Gasteiger charge is -2.22. The molecule has 0 unspecified atom stereocenters. The van der Waals surface area contributed by atoms with E-state index in [0.717, 1.165) is 0 Å². The predicted molar refractivity (Wildman–Crippen MR) is 233 cm³/mol. The number of hydrogen-bond donors (Lipinski definition) is 0. The van der Waals surface area contributed by atoms with Gasteiger partial charge in [-0.15, -0.1) is 0 Å². The molecule has 0 radical (unpaired) electrons. The van der Waals surface area contributed by atoms with Crippen molar-refractivity contribution in [1.29, 1.82) is 0 Å². The Labute approximate surface area is 319 Å². The average Bonchev–Trinajstić information content (AvgIpc) is 3.83. The summed E-state index contributed by atoms with van der Waals surface area (Å²) in [4.78, 5) is 0. The number of fused-ring (bicyclic) bond motifs is 12. The molecule has 11 aromatic rings. The third-order valence-electron chi connectivity index (χ3n) is 12.5. The molecule has 0 saturated heterocycles. The first-order chi connectivity index (χ1) is 27.0. The molecule has 2 aromatic heterocycles. The molecule has 2 heteroatoms. The van der Waals surface area contributed by atoms with E-state index in [1.807, 2.05) is 0 Å². The summed E-state index contributed by atoms with van der Waals surface area (Å²) >= 11 is 0. The number of aromatic nitrogens is 2. The van der Waals surface area contributed by atoms with Gasteiger partial charge in [-0.3, -0.25) is 0 Å². The van der Waals surface area contributed by atoms with Crippen LogP contribution >= 0.6 is 0 Å². The van der Waals surface area contributed by atoms with E-state index < -0.39 is 0 Å². The van der Waals surface area contributed by atoms with Crippen LogP contribution in [0.5, 0.6) is 0 Å². The molecular weight excluding hydrogens is 665 g/mol. The molecule has 55 heavy (non-hydrogen) atoms. The van der Waals surface area contributed by atoms with Crippen LogP contribution in [0.1, 0.15) is 25.0 Å². The van der Waals surface area contributed by atoms with Crippen LogP contribution < -0.4 is 0 Å². The lowest BCUT2D eigenvalue weighted by Crippen LogP contribution is -2.15. The monoisotopic (exact) mass is 700 g/mol. The SMILES string of the molecule is CC1(C)c2ccccc2-c2ccc(-n3c4ccccc4c4cc(-c5ccc6c(c5)c5ccccc5n6-c5cc6ccccc6c6ccccc56)ccc43)cc21. The van der Waals surface area contributed by atoms with Crippen molar-refractivity contribution in [1.82, 2.24) is 9.13 Å². The third-order valence-corrected chi connectivity index (χ3v) is 12.5. The Bertz CT molecular complexity index is 3410. The second kappa shape index (κ2) is 11.1. The van der Waals surface area contributed by atoms with E-state index in [-0.39, 0.29) is 5.41 Å². The number of nitrogens with zero attached hydrogens (tertiary/aromatic N) is 2. The summed E-state index contributed by atoms with van der Waals surface area (Å²) in [6.07, 6.45) is 0. The molecule has 0 saturated carbocycles. The van der Waals surface area contributed by atoms with Crippen LogP contribution in [0.4, 0.5) is 0 Å². The van der Waals surface area contributed by atoms with Gasteiger partial charge in [0.1, 0.15) is 0 Å². The molecule has 0 fully saturated rings. The maximum atomic E-state index is 2.47. The Morgan fingerprint density at radius 1 is 0.345 bits per heavy atom. The standard InChI is InChI=1S/C53H36N2/c1-53(2)46-20-10-7-16-39(46)40-26-25-36(32-47(40)53)54-48-21-11-8-18-42(48)44-29-33(23-27-50(44)54)34-24-28-51-45(30-34)43-19-9-12-22-49(43)55(51)52-31-35-13-3-4-14-37(35)38-15-5-6-17-41(38)52/h3-32H,1-2H3. The van der Waals surface area contributed by atoms with Gasteiger partial charge in [-0.2, -0.15) is 0 Å². The molecule has 9 aromatic carbocycles. The molecule has 0 amide bonds. The Morgan fingerprint density at radius 2 is 0.873 bits per heavy atom. The predicted octanol–water partition coefficient (Wildman–Crippen LogP) is 14.2. The van der Waals surface area contributed by atoms with E-state index in [1.54, 1.807) is 0 Å². The Morgan fingerprint density at radius 3 is 1.60 bits per heavy atom. The van der Waals surface area contributed by atoms with Gasteiger partial charge in [0.15, 0.2) is 0 Å². The molecule has 0 spiro atoms. The average molecular weight is 701 g/mol. The first-order valence-corrected chi connectivity index (χ1v) is 19.3. The second-order valence-electron chi connectivity index (χ2n) is 15.7. The van der Waals surface area contributed by atoms with E-state index in [0.29, 0.717) is 0 Å². The molecule has 0 atom stereocenters. The number of benzene rings is 9. The molecule has 0 N–H and O–H groups in total. The van der Waals surface area contributed by atoms with Gasteiger partial charge in [0.25, 0.3) is 0 Å². The smallest absolute Gasteiger partial charge is 0.0546 e.